The Balaban J connectivity index is 1.81. The number of hydrogen-bond acceptors (Lipinski definition) is 2. The molecule has 1 saturated carbocycles. The van der Waals surface area contributed by atoms with Crippen molar-refractivity contribution in [2.24, 2.45) is 5.92 Å². The molecule has 0 aliphatic heterocycles. The molecule has 0 bridgehead atoms. The first-order chi connectivity index (χ1) is 10.1. The third kappa shape index (κ3) is 4.82. The van der Waals surface area contributed by atoms with Crippen LogP contribution in [0.5, 0.6) is 0 Å². The van der Waals surface area contributed by atoms with Crippen molar-refractivity contribution >= 4 is 0 Å². The lowest BCUT2D eigenvalue weighted by Gasteiger charge is -2.29. The van der Waals surface area contributed by atoms with Gasteiger partial charge in [0.25, 0.3) is 0 Å². The lowest BCUT2D eigenvalue weighted by Crippen LogP contribution is -2.37. The monoisotopic (exact) mass is 289 g/mol. The highest BCUT2D eigenvalue weighted by atomic mass is 16.3. The van der Waals surface area contributed by atoms with Gasteiger partial charge < -0.3 is 10.4 Å². The predicted octanol–water partition coefficient (Wildman–Crippen LogP) is 4.40. The molecule has 1 fully saturated rings. The molecule has 0 aromatic heterocycles. The van der Waals surface area contributed by atoms with E-state index >= 15 is 0 Å². The highest BCUT2D eigenvalue weighted by molar-refractivity contribution is 5.26. The van der Waals surface area contributed by atoms with Gasteiger partial charge in [-0.15, -0.1) is 0 Å². The fourth-order valence-electron chi connectivity index (χ4n) is 3.32. The summed E-state index contributed by atoms with van der Waals surface area (Å²) >= 11 is 0. The third-order valence-corrected chi connectivity index (χ3v) is 4.98. The first-order valence-electron chi connectivity index (χ1n) is 8.59. The molecule has 1 aliphatic carbocycles. The molecule has 0 heterocycles. The van der Waals surface area contributed by atoms with Crippen molar-refractivity contribution in [2.75, 3.05) is 6.54 Å². The van der Waals surface area contributed by atoms with Crippen LogP contribution in [0.3, 0.4) is 0 Å². The van der Waals surface area contributed by atoms with E-state index in [0.29, 0.717) is 18.5 Å². The zero-order valence-electron chi connectivity index (χ0n) is 13.8. The van der Waals surface area contributed by atoms with Gasteiger partial charge in [-0.05, 0) is 42.7 Å². The van der Waals surface area contributed by atoms with Crippen molar-refractivity contribution in [3.63, 3.8) is 0 Å². The summed E-state index contributed by atoms with van der Waals surface area (Å²) < 4.78 is 0. The summed E-state index contributed by atoms with van der Waals surface area (Å²) in [5, 5.41) is 13.9. The minimum Gasteiger partial charge on any atom is -0.387 e. The van der Waals surface area contributed by atoms with Crippen molar-refractivity contribution in [1.82, 2.24) is 5.32 Å². The highest BCUT2D eigenvalue weighted by Gasteiger charge is 2.20. The number of benzene rings is 1. The van der Waals surface area contributed by atoms with Gasteiger partial charge in [-0.2, -0.15) is 0 Å². The fraction of sp³-hybridized carbons (Fsp3) is 0.684. The van der Waals surface area contributed by atoms with E-state index in [2.05, 4.69) is 50.4 Å². The molecule has 2 rings (SSSR count). The zero-order valence-corrected chi connectivity index (χ0v) is 13.8. The SMILES string of the molecule is CC(C)c1ccc(C(O)CN[C@H](C)C2CCCCC2)cc1. The molecule has 2 N–H and O–H groups in total. The Morgan fingerprint density at radius 1 is 1.00 bits per heavy atom. The summed E-state index contributed by atoms with van der Waals surface area (Å²) in [6.45, 7) is 7.31. The second-order valence-electron chi connectivity index (χ2n) is 6.93. The topological polar surface area (TPSA) is 32.3 Å². The van der Waals surface area contributed by atoms with Gasteiger partial charge in [0.05, 0.1) is 6.10 Å². The molecule has 0 spiro atoms. The van der Waals surface area contributed by atoms with Crippen molar-refractivity contribution in [1.29, 1.82) is 0 Å². The van der Waals surface area contributed by atoms with E-state index in [0.717, 1.165) is 11.5 Å². The van der Waals surface area contributed by atoms with Crippen molar-refractivity contribution in [2.45, 2.75) is 70.9 Å². The fourth-order valence-corrected chi connectivity index (χ4v) is 3.32. The third-order valence-electron chi connectivity index (χ3n) is 4.98. The summed E-state index contributed by atoms with van der Waals surface area (Å²) in [4.78, 5) is 0. The van der Waals surface area contributed by atoms with E-state index in [1.165, 1.54) is 37.7 Å². The largest absolute Gasteiger partial charge is 0.387 e. The van der Waals surface area contributed by atoms with Gasteiger partial charge in [-0.1, -0.05) is 57.4 Å². The molecular formula is C19H31NO. The molecule has 1 unspecified atom stereocenters. The molecule has 118 valence electrons. The maximum atomic E-state index is 10.3. The Kier molecular flexibility index (Phi) is 6.25. The minimum atomic E-state index is -0.405. The van der Waals surface area contributed by atoms with Crippen molar-refractivity contribution in [3.05, 3.63) is 35.4 Å². The molecule has 1 aromatic carbocycles. The van der Waals surface area contributed by atoms with Crippen LogP contribution in [0.4, 0.5) is 0 Å². The number of aliphatic hydroxyl groups is 1. The molecule has 1 aromatic rings. The Bertz CT molecular complexity index is 406. The maximum Gasteiger partial charge on any atom is 0.0914 e. The molecule has 21 heavy (non-hydrogen) atoms. The van der Waals surface area contributed by atoms with Crippen molar-refractivity contribution in [3.8, 4) is 0 Å². The lowest BCUT2D eigenvalue weighted by molar-refractivity contribution is 0.161. The second kappa shape index (κ2) is 7.95. The molecule has 0 amide bonds. The van der Waals surface area contributed by atoms with E-state index in [4.69, 9.17) is 0 Å². The smallest absolute Gasteiger partial charge is 0.0914 e. The van der Waals surface area contributed by atoms with Crippen LogP contribution in [0.2, 0.25) is 0 Å². The number of rotatable bonds is 6. The minimum absolute atomic E-state index is 0.405. The number of hydrogen-bond donors (Lipinski definition) is 2. The van der Waals surface area contributed by atoms with Gasteiger partial charge >= 0.3 is 0 Å². The quantitative estimate of drug-likeness (QED) is 0.813. The maximum absolute atomic E-state index is 10.3. The first-order valence-corrected chi connectivity index (χ1v) is 8.59. The summed E-state index contributed by atoms with van der Waals surface area (Å²) in [7, 11) is 0. The summed E-state index contributed by atoms with van der Waals surface area (Å²) in [6, 6.07) is 8.90. The van der Waals surface area contributed by atoms with Gasteiger partial charge in [-0.3, -0.25) is 0 Å². The highest BCUT2D eigenvalue weighted by Crippen LogP contribution is 2.26. The van der Waals surface area contributed by atoms with Crippen LogP contribution in [0.25, 0.3) is 0 Å². The van der Waals surface area contributed by atoms with E-state index in [1.807, 2.05) is 0 Å². The molecule has 2 nitrogen and oxygen atoms in total. The molecule has 1 aliphatic rings. The standard InChI is InChI=1S/C19H31NO/c1-14(2)16-9-11-18(12-10-16)19(21)13-20-15(3)17-7-5-4-6-8-17/h9-12,14-15,17,19-21H,4-8,13H2,1-3H3/t15-,19?/m1/s1. The average molecular weight is 289 g/mol. The average Bonchev–Trinajstić information content (AvgIpc) is 2.53. The van der Waals surface area contributed by atoms with E-state index < -0.39 is 6.10 Å². The van der Waals surface area contributed by atoms with Gasteiger partial charge in [0.2, 0.25) is 0 Å². The van der Waals surface area contributed by atoms with Crippen LogP contribution in [0, 0.1) is 5.92 Å². The van der Waals surface area contributed by atoms with Crippen LogP contribution < -0.4 is 5.32 Å². The number of nitrogens with one attached hydrogen (secondary N) is 1. The van der Waals surface area contributed by atoms with Crippen LogP contribution in [0.15, 0.2) is 24.3 Å². The number of aliphatic hydroxyl groups excluding tert-OH is 1. The Hall–Kier alpha value is -0.860. The Morgan fingerprint density at radius 2 is 1.57 bits per heavy atom. The van der Waals surface area contributed by atoms with E-state index in [9.17, 15) is 5.11 Å². The predicted molar refractivity (Wildman–Crippen MR) is 89.5 cm³/mol. The summed E-state index contributed by atoms with van der Waals surface area (Å²) in [5.41, 5.74) is 2.34. The van der Waals surface area contributed by atoms with E-state index in [1.54, 1.807) is 0 Å². The van der Waals surface area contributed by atoms with Crippen LogP contribution in [-0.4, -0.2) is 17.7 Å². The summed E-state index contributed by atoms with van der Waals surface area (Å²) in [6.07, 6.45) is 6.41. The van der Waals surface area contributed by atoms with Crippen LogP contribution >= 0.6 is 0 Å². The lowest BCUT2D eigenvalue weighted by atomic mass is 9.84. The molecule has 2 heteroatoms. The summed E-state index contributed by atoms with van der Waals surface area (Å²) in [5.74, 6) is 1.33. The van der Waals surface area contributed by atoms with Gasteiger partial charge in [0, 0.05) is 12.6 Å². The zero-order chi connectivity index (χ0) is 15.2. The second-order valence-corrected chi connectivity index (χ2v) is 6.93. The van der Waals surface area contributed by atoms with Gasteiger partial charge in [0.1, 0.15) is 0 Å². The Labute approximate surface area is 130 Å². The van der Waals surface area contributed by atoms with Gasteiger partial charge in [-0.25, -0.2) is 0 Å². The first kappa shape index (κ1) is 16.5. The molecule has 2 atom stereocenters. The molecule has 0 saturated heterocycles. The van der Waals surface area contributed by atoms with Crippen molar-refractivity contribution < 1.29 is 5.11 Å². The van der Waals surface area contributed by atoms with Gasteiger partial charge in [0.15, 0.2) is 0 Å². The van der Waals surface area contributed by atoms with E-state index in [-0.39, 0.29) is 0 Å². The molecular weight excluding hydrogens is 258 g/mol. The van der Waals surface area contributed by atoms with Crippen LogP contribution in [-0.2, 0) is 0 Å². The molecule has 0 radical (unpaired) electrons. The normalized spacial score (nSPS) is 19.7. The Morgan fingerprint density at radius 3 is 2.14 bits per heavy atom. The van der Waals surface area contributed by atoms with Crippen LogP contribution in [0.1, 0.15) is 76.0 Å².